The van der Waals surface area contributed by atoms with Gasteiger partial charge in [-0.1, -0.05) is 19.1 Å². The molecule has 1 aliphatic heterocycles. The van der Waals surface area contributed by atoms with Gasteiger partial charge in [-0.3, -0.25) is 0 Å². The maximum Gasteiger partial charge on any atom is 0.341 e. The summed E-state index contributed by atoms with van der Waals surface area (Å²) in [6.07, 6.45) is 1.06. The fraction of sp³-hybridized carbons (Fsp3) is 0.800. The summed E-state index contributed by atoms with van der Waals surface area (Å²) in [6.45, 7) is 5.45. The van der Waals surface area contributed by atoms with Crippen molar-refractivity contribution in [3.8, 4) is 0 Å². The lowest BCUT2D eigenvalue weighted by atomic mass is 9.76. The second-order valence-electron chi connectivity index (χ2n) is 6.60. The van der Waals surface area contributed by atoms with Crippen LogP contribution in [0.25, 0.3) is 0 Å². The van der Waals surface area contributed by atoms with Crippen molar-refractivity contribution in [3.05, 3.63) is 12.2 Å². The van der Waals surface area contributed by atoms with Crippen molar-refractivity contribution in [1.29, 1.82) is 0 Å². The van der Waals surface area contributed by atoms with Crippen LogP contribution in [0.3, 0.4) is 0 Å². The number of esters is 1. The van der Waals surface area contributed by atoms with Gasteiger partial charge >= 0.3 is 5.97 Å². The van der Waals surface area contributed by atoms with Crippen LogP contribution < -0.4 is 0 Å². The normalized spacial score (nSPS) is 51.4. The van der Waals surface area contributed by atoms with Gasteiger partial charge in [0.1, 0.15) is 6.10 Å². The molecule has 5 nitrogen and oxygen atoms in total. The van der Waals surface area contributed by atoms with E-state index in [9.17, 15) is 20.1 Å². The molecule has 0 aromatic rings. The van der Waals surface area contributed by atoms with Crippen molar-refractivity contribution in [2.45, 2.75) is 44.0 Å². The van der Waals surface area contributed by atoms with Crippen molar-refractivity contribution in [2.24, 2.45) is 23.7 Å². The monoisotopic (exact) mass is 282 g/mol. The molecule has 0 aromatic carbocycles. The first-order valence-electron chi connectivity index (χ1n) is 7.30. The summed E-state index contributed by atoms with van der Waals surface area (Å²) in [4.78, 5) is 11.9. The summed E-state index contributed by atoms with van der Waals surface area (Å²) < 4.78 is 5.43. The Labute approximate surface area is 118 Å². The van der Waals surface area contributed by atoms with E-state index >= 15 is 0 Å². The Hall–Kier alpha value is -0.910. The molecule has 2 saturated carbocycles. The number of hydrogen-bond acceptors (Lipinski definition) is 5. The van der Waals surface area contributed by atoms with Gasteiger partial charge in [0.15, 0.2) is 5.60 Å². The highest BCUT2D eigenvalue weighted by Crippen LogP contribution is 2.53. The van der Waals surface area contributed by atoms with Gasteiger partial charge in [-0.25, -0.2) is 4.79 Å². The maximum atomic E-state index is 11.9. The second kappa shape index (κ2) is 4.55. The third kappa shape index (κ3) is 1.70. The zero-order valence-corrected chi connectivity index (χ0v) is 11.7. The SMILES string of the molecule is C=C1CCC2C(OC(=O)C2(O)CO)C2C1CC(O)C2C. The average Bonchev–Trinajstić information content (AvgIpc) is 2.79. The quantitative estimate of drug-likeness (QED) is 0.473. The topological polar surface area (TPSA) is 87.0 Å². The van der Waals surface area contributed by atoms with Crippen LogP contribution in [0, 0.1) is 23.7 Å². The molecule has 0 aromatic heterocycles. The van der Waals surface area contributed by atoms with Crippen LogP contribution in [0.4, 0.5) is 0 Å². The van der Waals surface area contributed by atoms with Crippen molar-refractivity contribution < 1.29 is 24.9 Å². The number of rotatable bonds is 1. The molecule has 7 unspecified atom stereocenters. The number of aliphatic hydroxyl groups is 3. The molecule has 1 saturated heterocycles. The first-order valence-corrected chi connectivity index (χ1v) is 7.30. The highest BCUT2D eigenvalue weighted by molar-refractivity contribution is 5.82. The number of carbonyl (C=O) groups is 1. The molecule has 3 aliphatic rings. The smallest absolute Gasteiger partial charge is 0.341 e. The van der Waals surface area contributed by atoms with Gasteiger partial charge in [0.25, 0.3) is 0 Å². The van der Waals surface area contributed by atoms with Gasteiger partial charge in [0, 0.05) is 11.8 Å². The highest BCUT2D eigenvalue weighted by Gasteiger charge is 2.62. The van der Waals surface area contributed by atoms with E-state index < -0.39 is 36.3 Å². The minimum absolute atomic E-state index is 0.00353. The van der Waals surface area contributed by atoms with E-state index in [1.54, 1.807) is 0 Å². The molecule has 1 heterocycles. The van der Waals surface area contributed by atoms with E-state index in [-0.39, 0.29) is 17.8 Å². The largest absolute Gasteiger partial charge is 0.459 e. The number of ether oxygens (including phenoxy) is 1. The third-order valence-corrected chi connectivity index (χ3v) is 5.70. The van der Waals surface area contributed by atoms with E-state index in [2.05, 4.69) is 6.58 Å². The van der Waals surface area contributed by atoms with E-state index in [0.717, 1.165) is 5.57 Å². The Morgan fingerprint density at radius 1 is 1.50 bits per heavy atom. The van der Waals surface area contributed by atoms with E-state index in [4.69, 9.17) is 4.74 Å². The van der Waals surface area contributed by atoms with Crippen LogP contribution >= 0.6 is 0 Å². The zero-order chi connectivity index (χ0) is 14.7. The predicted octanol–water partition coefficient (Wildman–Crippen LogP) is 0.234. The van der Waals surface area contributed by atoms with E-state index in [1.165, 1.54) is 0 Å². The van der Waals surface area contributed by atoms with Crippen molar-refractivity contribution in [1.82, 2.24) is 0 Å². The highest BCUT2D eigenvalue weighted by atomic mass is 16.6. The van der Waals surface area contributed by atoms with Crippen LogP contribution in [0.2, 0.25) is 0 Å². The van der Waals surface area contributed by atoms with Crippen LogP contribution in [0.5, 0.6) is 0 Å². The molecule has 3 fully saturated rings. The molecular formula is C15H22O5. The zero-order valence-electron chi connectivity index (χ0n) is 11.7. The first kappa shape index (κ1) is 14.0. The van der Waals surface area contributed by atoms with Gasteiger partial charge in [0.2, 0.25) is 0 Å². The van der Waals surface area contributed by atoms with Crippen LogP contribution in [-0.2, 0) is 9.53 Å². The summed E-state index contributed by atoms with van der Waals surface area (Å²) in [5.74, 6) is -1.04. The Morgan fingerprint density at radius 2 is 2.20 bits per heavy atom. The molecule has 0 radical (unpaired) electrons. The van der Waals surface area contributed by atoms with Crippen LogP contribution in [-0.4, -0.2) is 45.7 Å². The molecule has 0 spiro atoms. The lowest BCUT2D eigenvalue weighted by molar-refractivity contribution is -0.160. The van der Waals surface area contributed by atoms with Gasteiger partial charge in [0.05, 0.1) is 12.7 Å². The van der Waals surface area contributed by atoms with Crippen molar-refractivity contribution >= 4 is 5.97 Å². The van der Waals surface area contributed by atoms with Crippen LogP contribution in [0.1, 0.15) is 26.2 Å². The molecule has 3 N–H and O–H groups in total. The summed E-state index contributed by atoms with van der Waals surface area (Å²) in [5, 5.41) is 30.0. The second-order valence-corrected chi connectivity index (χ2v) is 6.60. The average molecular weight is 282 g/mol. The Kier molecular flexibility index (Phi) is 3.19. The van der Waals surface area contributed by atoms with E-state index in [0.29, 0.717) is 19.3 Å². The molecule has 0 amide bonds. The Bertz CT molecular complexity index is 448. The van der Waals surface area contributed by atoms with Crippen molar-refractivity contribution in [3.63, 3.8) is 0 Å². The first-order chi connectivity index (χ1) is 9.40. The van der Waals surface area contributed by atoms with Crippen molar-refractivity contribution in [2.75, 3.05) is 6.61 Å². The lowest BCUT2D eigenvalue weighted by Crippen LogP contribution is -2.46. The number of carbonyl (C=O) groups excluding carboxylic acids is 1. The Morgan fingerprint density at radius 3 is 2.85 bits per heavy atom. The number of allylic oxidation sites excluding steroid dienone is 1. The molecule has 7 atom stereocenters. The molecule has 2 aliphatic carbocycles. The molecule has 3 rings (SSSR count). The summed E-state index contributed by atoms with van der Waals surface area (Å²) in [5.41, 5.74) is -0.739. The Balaban J connectivity index is 2.00. The minimum Gasteiger partial charge on any atom is -0.459 e. The standard InChI is InChI=1S/C15H22O5/c1-7-3-4-10-13(20-14(18)15(10,19)6-16)12-8(2)11(17)5-9(7)12/h8-13,16-17,19H,1,3-6H2,2H3. The van der Waals surface area contributed by atoms with Crippen LogP contribution in [0.15, 0.2) is 12.2 Å². The summed E-state index contributed by atoms with van der Waals surface area (Å²) >= 11 is 0. The van der Waals surface area contributed by atoms with Gasteiger partial charge < -0.3 is 20.1 Å². The van der Waals surface area contributed by atoms with E-state index in [1.807, 2.05) is 6.92 Å². The summed E-state index contributed by atoms with van der Waals surface area (Å²) in [7, 11) is 0. The summed E-state index contributed by atoms with van der Waals surface area (Å²) in [6, 6.07) is 0. The minimum atomic E-state index is -1.80. The fourth-order valence-corrected chi connectivity index (χ4v) is 4.41. The third-order valence-electron chi connectivity index (χ3n) is 5.70. The predicted molar refractivity (Wildman–Crippen MR) is 70.5 cm³/mol. The maximum absolute atomic E-state index is 11.9. The molecule has 0 bridgehead atoms. The molecule has 20 heavy (non-hydrogen) atoms. The lowest BCUT2D eigenvalue weighted by Gasteiger charge is -2.30. The van der Waals surface area contributed by atoms with Gasteiger partial charge in [-0.2, -0.15) is 0 Å². The number of fused-ring (bicyclic) bond motifs is 3. The van der Waals surface area contributed by atoms with Gasteiger partial charge in [-0.05, 0) is 31.1 Å². The fourth-order valence-electron chi connectivity index (χ4n) is 4.41. The molecular weight excluding hydrogens is 260 g/mol. The molecule has 112 valence electrons. The number of hydrogen-bond donors (Lipinski definition) is 3. The van der Waals surface area contributed by atoms with Gasteiger partial charge in [-0.15, -0.1) is 0 Å². The number of aliphatic hydroxyl groups excluding tert-OH is 2. The molecule has 5 heteroatoms.